The van der Waals surface area contributed by atoms with E-state index in [9.17, 15) is 9.18 Å². The number of para-hydroxylation sites is 2. The van der Waals surface area contributed by atoms with Crippen LogP contribution in [0.2, 0.25) is 0 Å². The molecule has 0 saturated heterocycles. The van der Waals surface area contributed by atoms with E-state index in [4.69, 9.17) is 4.74 Å². The number of rotatable bonds is 4. The van der Waals surface area contributed by atoms with Gasteiger partial charge in [-0.1, -0.05) is 35.6 Å². The second-order valence-electron chi connectivity index (χ2n) is 4.70. The zero-order valence-electron chi connectivity index (χ0n) is 12.6. The van der Waals surface area contributed by atoms with Gasteiger partial charge in [-0.05, 0) is 24.3 Å². The average Bonchev–Trinajstić information content (AvgIpc) is 3.03. The van der Waals surface area contributed by atoms with Gasteiger partial charge in [-0.3, -0.25) is 5.32 Å². The Bertz CT molecular complexity index is 869. The van der Waals surface area contributed by atoms with Crippen molar-refractivity contribution < 1.29 is 13.9 Å². The van der Waals surface area contributed by atoms with Crippen molar-refractivity contribution in [2.75, 3.05) is 17.7 Å². The Morgan fingerprint density at radius 1 is 1.12 bits per heavy atom. The second-order valence-corrected chi connectivity index (χ2v) is 5.68. The molecule has 0 atom stereocenters. The van der Waals surface area contributed by atoms with Gasteiger partial charge in [0.2, 0.25) is 5.13 Å². The Kier molecular flexibility index (Phi) is 4.66. The molecule has 0 spiro atoms. The number of amides is 2. The van der Waals surface area contributed by atoms with Gasteiger partial charge in [0.1, 0.15) is 16.6 Å². The summed E-state index contributed by atoms with van der Waals surface area (Å²) in [5.41, 5.74) is 1.14. The lowest BCUT2D eigenvalue weighted by molar-refractivity contribution is 0.262. The van der Waals surface area contributed by atoms with E-state index in [1.807, 2.05) is 0 Å². The molecule has 6 nitrogen and oxygen atoms in total. The molecule has 1 heterocycles. The Morgan fingerprint density at radius 2 is 1.96 bits per heavy atom. The van der Waals surface area contributed by atoms with Crippen LogP contribution in [-0.2, 0) is 0 Å². The van der Waals surface area contributed by atoms with Gasteiger partial charge in [0.05, 0.1) is 12.8 Å². The predicted octanol–water partition coefficient (Wildman–Crippen LogP) is 4.00. The van der Waals surface area contributed by atoms with Crippen molar-refractivity contribution in [3.63, 3.8) is 0 Å². The summed E-state index contributed by atoms with van der Waals surface area (Å²) in [6.07, 6.45) is 0. The van der Waals surface area contributed by atoms with Crippen LogP contribution in [-0.4, -0.2) is 23.3 Å². The Morgan fingerprint density at radius 3 is 2.75 bits per heavy atom. The number of nitrogens with one attached hydrogen (secondary N) is 2. The SMILES string of the molecule is COc1ccccc1NC(=O)Nc1nnc(-c2cccc(F)c2)s1. The minimum atomic E-state index is -0.471. The molecule has 0 saturated carbocycles. The molecular weight excluding hydrogens is 331 g/mol. The standard InChI is InChI=1S/C16H13FN4O2S/c1-23-13-8-3-2-7-12(13)18-15(22)19-16-21-20-14(24-16)10-5-4-6-11(17)9-10/h2-9H,1H3,(H2,18,19,21,22). The second kappa shape index (κ2) is 7.05. The third-order valence-corrected chi connectivity index (χ3v) is 3.96. The highest BCUT2D eigenvalue weighted by molar-refractivity contribution is 7.18. The van der Waals surface area contributed by atoms with Crippen LogP contribution in [0.5, 0.6) is 5.75 Å². The first kappa shape index (κ1) is 15.9. The summed E-state index contributed by atoms with van der Waals surface area (Å²) < 4.78 is 18.4. The van der Waals surface area contributed by atoms with Crippen molar-refractivity contribution in [3.05, 3.63) is 54.3 Å². The normalized spacial score (nSPS) is 10.2. The molecule has 8 heteroatoms. The van der Waals surface area contributed by atoms with E-state index in [1.54, 1.807) is 36.4 Å². The van der Waals surface area contributed by atoms with E-state index >= 15 is 0 Å². The molecular formula is C16H13FN4O2S. The number of hydrogen-bond donors (Lipinski definition) is 2. The zero-order valence-corrected chi connectivity index (χ0v) is 13.4. The molecule has 0 bridgehead atoms. The molecule has 122 valence electrons. The number of anilines is 2. The van der Waals surface area contributed by atoms with Crippen molar-refractivity contribution in [2.24, 2.45) is 0 Å². The van der Waals surface area contributed by atoms with Gasteiger partial charge in [0.25, 0.3) is 0 Å². The molecule has 0 radical (unpaired) electrons. The molecule has 24 heavy (non-hydrogen) atoms. The van der Waals surface area contributed by atoms with Crippen LogP contribution in [0.3, 0.4) is 0 Å². The number of urea groups is 1. The van der Waals surface area contributed by atoms with Crippen molar-refractivity contribution in [3.8, 4) is 16.3 Å². The number of carbonyl (C=O) groups is 1. The summed E-state index contributed by atoms with van der Waals surface area (Å²) in [6.45, 7) is 0. The number of nitrogens with zero attached hydrogens (tertiary/aromatic N) is 2. The lowest BCUT2D eigenvalue weighted by Crippen LogP contribution is -2.19. The van der Waals surface area contributed by atoms with Crippen molar-refractivity contribution >= 4 is 28.2 Å². The van der Waals surface area contributed by atoms with Gasteiger partial charge in [-0.25, -0.2) is 9.18 Å². The predicted molar refractivity (Wildman–Crippen MR) is 90.9 cm³/mol. The van der Waals surface area contributed by atoms with Crippen LogP contribution < -0.4 is 15.4 Å². The highest BCUT2D eigenvalue weighted by Crippen LogP contribution is 2.27. The summed E-state index contributed by atoms with van der Waals surface area (Å²) in [6, 6.07) is 12.6. The van der Waals surface area contributed by atoms with E-state index in [1.165, 1.54) is 19.2 Å². The lowest BCUT2D eigenvalue weighted by Gasteiger charge is -2.09. The monoisotopic (exact) mass is 344 g/mol. The lowest BCUT2D eigenvalue weighted by atomic mass is 10.2. The molecule has 1 aromatic heterocycles. The number of aromatic nitrogens is 2. The third kappa shape index (κ3) is 3.66. The number of benzene rings is 2. The summed E-state index contributed by atoms with van der Waals surface area (Å²) in [5, 5.41) is 13.9. The van der Waals surface area contributed by atoms with Gasteiger partial charge in [-0.2, -0.15) is 0 Å². The molecule has 3 rings (SSSR count). The minimum Gasteiger partial charge on any atom is -0.495 e. The summed E-state index contributed by atoms with van der Waals surface area (Å²) in [4.78, 5) is 12.1. The fraction of sp³-hybridized carbons (Fsp3) is 0.0625. The quantitative estimate of drug-likeness (QED) is 0.750. The number of methoxy groups -OCH3 is 1. The fourth-order valence-corrected chi connectivity index (χ4v) is 2.75. The molecule has 0 aliphatic heterocycles. The Labute approximate surface area is 141 Å². The van der Waals surface area contributed by atoms with Crippen molar-refractivity contribution in [1.29, 1.82) is 0 Å². The van der Waals surface area contributed by atoms with E-state index in [-0.39, 0.29) is 5.82 Å². The summed E-state index contributed by atoms with van der Waals surface area (Å²) >= 11 is 1.15. The Balaban J connectivity index is 1.69. The first-order chi connectivity index (χ1) is 11.7. The number of hydrogen-bond acceptors (Lipinski definition) is 5. The molecule has 3 aromatic rings. The zero-order chi connectivity index (χ0) is 16.9. The van der Waals surface area contributed by atoms with E-state index in [2.05, 4.69) is 20.8 Å². The maximum absolute atomic E-state index is 13.2. The molecule has 0 unspecified atom stereocenters. The maximum atomic E-state index is 13.2. The maximum Gasteiger partial charge on any atom is 0.325 e. The number of carbonyl (C=O) groups excluding carboxylic acids is 1. The smallest absolute Gasteiger partial charge is 0.325 e. The largest absolute Gasteiger partial charge is 0.495 e. The molecule has 0 aliphatic carbocycles. The Hall–Kier alpha value is -3.00. The fourth-order valence-electron chi connectivity index (χ4n) is 2.01. The van der Waals surface area contributed by atoms with Crippen LogP contribution in [0.1, 0.15) is 0 Å². The molecule has 0 aliphatic rings. The van der Waals surface area contributed by atoms with Gasteiger partial charge in [0.15, 0.2) is 0 Å². The molecule has 2 amide bonds. The van der Waals surface area contributed by atoms with Crippen LogP contribution in [0, 0.1) is 5.82 Å². The molecule has 0 fully saturated rings. The van der Waals surface area contributed by atoms with Gasteiger partial charge >= 0.3 is 6.03 Å². The first-order valence-corrected chi connectivity index (χ1v) is 7.78. The number of halogens is 1. The first-order valence-electron chi connectivity index (χ1n) is 6.96. The summed E-state index contributed by atoms with van der Waals surface area (Å²) in [5.74, 6) is 0.191. The number of ether oxygens (including phenoxy) is 1. The van der Waals surface area contributed by atoms with Gasteiger partial charge < -0.3 is 10.1 Å². The third-order valence-electron chi connectivity index (χ3n) is 3.07. The van der Waals surface area contributed by atoms with Crippen LogP contribution >= 0.6 is 11.3 Å². The van der Waals surface area contributed by atoms with Crippen LogP contribution in [0.15, 0.2) is 48.5 Å². The topological polar surface area (TPSA) is 76.1 Å². The van der Waals surface area contributed by atoms with Gasteiger partial charge in [-0.15, -0.1) is 10.2 Å². The van der Waals surface area contributed by atoms with E-state index in [0.717, 1.165) is 11.3 Å². The molecule has 2 N–H and O–H groups in total. The van der Waals surface area contributed by atoms with Gasteiger partial charge in [0, 0.05) is 5.56 Å². The van der Waals surface area contributed by atoms with Crippen LogP contribution in [0.4, 0.5) is 20.0 Å². The highest BCUT2D eigenvalue weighted by Gasteiger charge is 2.11. The van der Waals surface area contributed by atoms with E-state index < -0.39 is 6.03 Å². The summed E-state index contributed by atoms with van der Waals surface area (Å²) in [7, 11) is 1.52. The molecule has 2 aromatic carbocycles. The van der Waals surface area contributed by atoms with E-state index in [0.29, 0.717) is 27.1 Å². The minimum absolute atomic E-state index is 0.307. The van der Waals surface area contributed by atoms with Crippen molar-refractivity contribution in [2.45, 2.75) is 0 Å². The highest BCUT2D eigenvalue weighted by atomic mass is 32.1. The average molecular weight is 344 g/mol. The van der Waals surface area contributed by atoms with Crippen molar-refractivity contribution in [1.82, 2.24) is 10.2 Å². The van der Waals surface area contributed by atoms with Crippen LogP contribution in [0.25, 0.3) is 10.6 Å².